The number of carbonyl (C=O) groups excluding carboxylic acids is 2. The maximum Gasteiger partial charge on any atom is 0.235 e. The number of hydrogen-bond donors (Lipinski definition) is 0. The van der Waals surface area contributed by atoms with Gasteiger partial charge in [-0.2, -0.15) is 0 Å². The highest BCUT2D eigenvalue weighted by Crippen LogP contribution is 2.51. The number of Topliss-reactive ketones (excluding diaryl/α,β-unsaturated/α-hetero) is 2. The molecule has 0 saturated carbocycles. The molecule has 2 aliphatic rings. The summed E-state index contributed by atoms with van der Waals surface area (Å²) in [6.07, 6.45) is 0. The molecule has 0 N–H and O–H groups in total. The monoisotopic (exact) mass is 128 g/mol. The fraction of sp³-hybridized carbons (Fsp3) is 0.250. The summed E-state index contributed by atoms with van der Waals surface area (Å²) < 4.78 is 1.70. The molecule has 2 saturated heterocycles. The lowest BCUT2D eigenvalue weighted by atomic mass is 10.3. The van der Waals surface area contributed by atoms with Crippen molar-refractivity contribution in [3.05, 3.63) is 5.37 Å². The molecule has 3 nitrogen and oxygen atoms in total. The molecule has 0 aliphatic carbocycles. The first-order valence-electron chi connectivity index (χ1n) is 2.19. The van der Waals surface area contributed by atoms with Gasteiger partial charge in [0.15, 0.2) is 5.37 Å². The first-order valence-corrected chi connectivity index (χ1v) is 2.96. The Labute approximate surface area is 50.2 Å². The summed E-state index contributed by atoms with van der Waals surface area (Å²) in [4.78, 5) is 20.9. The van der Waals surface area contributed by atoms with Gasteiger partial charge in [-0.15, -0.1) is 0 Å². The summed E-state index contributed by atoms with van der Waals surface area (Å²) in [5.41, 5.74) is 0. The van der Waals surface area contributed by atoms with Gasteiger partial charge in [-0.25, -0.2) is 4.31 Å². The highest BCUT2D eigenvalue weighted by atomic mass is 32.2. The second-order valence-electron chi connectivity index (χ2n) is 1.69. The highest BCUT2D eigenvalue weighted by Gasteiger charge is 2.54. The number of nitrogens with zero attached hydrogens (tertiary/aromatic N) is 1. The van der Waals surface area contributed by atoms with Crippen LogP contribution in [-0.4, -0.2) is 22.4 Å². The Hall–Kier alpha value is -0.350. The normalized spacial score (nSPS) is 35.8. The first kappa shape index (κ1) is 4.52. The van der Waals surface area contributed by atoms with Gasteiger partial charge in [0.1, 0.15) is 0 Å². The molecule has 8 heavy (non-hydrogen) atoms. The zero-order chi connectivity index (χ0) is 5.72. The molecule has 0 spiro atoms. The minimum Gasteiger partial charge on any atom is -0.289 e. The van der Waals surface area contributed by atoms with Crippen molar-refractivity contribution in [1.29, 1.82) is 0 Å². The maximum absolute atomic E-state index is 10.5. The summed E-state index contributed by atoms with van der Waals surface area (Å²) in [7, 11) is 0. The topological polar surface area (TPSA) is 37.1 Å². The van der Waals surface area contributed by atoms with E-state index in [0.717, 1.165) is 0 Å². The van der Waals surface area contributed by atoms with E-state index >= 15 is 0 Å². The van der Waals surface area contributed by atoms with Crippen LogP contribution in [0.5, 0.6) is 0 Å². The highest BCUT2D eigenvalue weighted by molar-refractivity contribution is 8.08. The summed E-state index contributed by atoms with van der Waals surface area (Å²) in [5, 5.41) is 0.634. The maximum atomic E-state index is 10.5. The standard InChI is InChI=1S/C4H2NO2S/c6-2-1-5-4(8-5)3(2)7/h1H2. The van der Waals surface area contributed by atoms with Crippen molar-refractivity contribution < 1.29 is 9.59 Å². The molecule has 0 aromatic rings. The molecule has 0 bridgehead atoms. The van der Waals surface area contributed by atoms with Crippen molar-refractivity contribution >= 4 is 23.5 Å². The molecule has 4 heteroatoms. The Bertz CT molecular complexity index is 179. The molecule has 2 aliphatic heterocycles. The molecule has 1 radical (unpaired) electrons. The molecule has 0 aromatic heterocycles. The summed E-state index contributed by atoms with van der Waals surface area (Å²) >= 11 is 1.37. The van der Waals surface area contributed by atoms with Gasteiger partial charge in [-0.05, 0) is 11.9 Å². The van der Waals surface area contributed by atoms with E-state index in [1.54, 1.807) is 4.31 Å². The van der Waals surface area contributed by atoms with Crippen LogP contribution in [0.4, 0.5) is 0 Å². The quantitative estimate of drug-likeness (QED) is 0.252. The van der Waals surface area contributed by atoms with E-state index in [1.165, 1.54) is 11.9 Å². The van der Waals surface area contributed by atoms with Gasteiger partial charge in [-0.3, -0.25) is 9.59 Å². The summed E-state index contributed by atoms with van der Waals surface area (Å²) in [6.45, 7) is 0.304. The van der Waals surface area contributed by atoms with Crippen molar-refractivity contribution in [2.24, 2.45) is 0 Å². The van der Waals surface area contributed by atoms with Crippen molar-refractivity contribution in [3.63, 3.8) is 0 Å². The van der Waals surface area contributed by atoms with Crippen LogP contribution in [0.1, 0.15) is 0 Å². The van der Waals surface area contributed by atoms with Crippen LogP contribution >= 0.6 is 11.9 Å². The van der Waals surface area contributed by atoms with Crippen molar-refractivity contribution in [3.8, 4) is 0 Å². The second-order valence-corrected chi connectivity index (χ2v) is 2.70. The molecule has 1 atom stereocenters. The zero-order valence-electron chi connectivity index (χ0n) is 3.88. The molecule has 2 rings (SSSR count). The molecular formula is C4H2NO2S. The van der Waals surface area contributed by atoms with Gasteiger partial charge in [0.25, 0.3) is 0 Å². The Morgan fingerprint density at radius 2 is 2.25 bits per heavy atom. The van der Waals surface area contributed by atoms with Crippen LogP contribution in [0.2, 0.25) is 0 Å². The van der Waals surface area contributed by atoms with E-state index in [0.29, 0.717) is 11.9 Å². The average molecular weight is 128 g/mol. The lowest BCUT2D eigenvalue weighted by molar-refractivity contribution is -0.132. The average Bonchev–Trinajstić information content (AvgIpc) is 2.39. The van der Waals surface area contributed by atoms with Crippen LogP contribution in [-0.2, 0) is 9.59 Å². The Morgan fingerprint density at radius 1 is 1.50 bits per heavy atom. The van der Waals surface area contributed by atoms with Gasteiger partial charge in [0.05, 0.1) is 6.54 Å². The number of fused-ring (bicyclic) bond motifs is 1. The third-order valence-electron chi connectivity index (χ3n) is 1.13. The molecule has 1 unspecified atom stereocenters. The van der Waals surface area contributed by atoms with Gasteiger partial charge in [0.2, 0.25) is 11.6 Å². The predicted octanol–water partition coefficient (Wildman–Crippen LogP) is -0.409. The van der Waals surface area contributed by atoms with Gasteiger partial charge < -0.3 is 0 Å². The lowest BCUT2D eigenvalue weighted by Gasteiger charge is -1.81. The fourth-order valence-corrected chi connectivity index (χ4v) is 1.36. The Balaban J connectivity index is 2.31. The SMILES string of the molecule is O=C1CN2S[C]2C1=O. The van der Waals surface area contributed by atoms with Gasteiger partial charge >= 0.3 is 0 Å². The smallest absolute Gasteiger partial charge is 0.235 e. The van der Waals surface area contributed by atoms with Crippen molar-refractivity contribution in [2.75, 3.05) is 6.54 Å². The lowest BCUT2D eigenvalue weighted by Crippen LogP contribution is -2.10. The third kappa shape index (κ3) is 0.392. The second kappa shape index (κ2) is 1.14. The molecule has 2 heterocycles. The van der Waals surface area contributed by atoms with Crippen molar-refractivity contribution in [2.45, 2.75) is 0 Å². The molecule has 41 valence electrons. The van der Waals surface area contributed by atoms with Crippen LogP contribution in [0.3, 0.4) is 0 Å². The van der Waals surface area contributed by atoms with E-state index < -0.39 is 0 Å². The molecular weight excluding hydrogens is 126 g/mol. The van der Waals surface area contributed by atoms with E-state index in [4.69, 9.17) is 0 Å². The first-order chi connectivity index (χ1) is 3.79. The third-order valence-corrected chi connectivity index (χ3v) is 2.06. The Morgan fingerprint density at radius 3 is 2.50 bits per heavy atom. The summed E-state index contributed by atoms with van der Waals surface area (Å²) in [6, 6.07) is 0. The van der Waals surface area contributed by atoms with E-state index in [1.807, 2.05) is 0 Å². The molecule has 0 aromatic carbocycles. The van der Waals surface area contributed by atoms with Crippen LogP contribution < -0.4 is 0 Å². The summed E-state index contributed by atoms with van der Waals surface area (Å²) in [5.74, 6) is -0.561. The van der Waals surface area contributed by atoms with Crippen LogP contribution in [0, 0.1) is 5.37 Å². The van der Waals surface area contributed by atoms with Crippen LogP contribution in [0.25, 0.3) is 0 Å². The minimum atomic E-state index is -0.296. The van der Waals surface area contributed by atoms with Crippen molar-refractivity contribution in [1.82, 2.24) is 4.31 Å². The number of ketones is 2. The number of hydrogen-bond acceptors (Lipinski definition) is 4. The predicted molar refractivity (Wildman–Crippen MR) is 27.6 cm³/mol. The molecule has 0 amide bonds. The van der Waals surface area contributed by atoms with E-state index in [2.05, 4.69) is 0 Å². The fourth-order valence-electron chi connectivity index (χ4n) is 0.664. The van der Waals surface area contributed by atoms with Gasteiger partial charge in [0, 0.05) is 0 Å². The largest absolute Gasteiger partial charge is 0.289 e. The van der Waals surface area contributed by atoms with E-state index in [9.17, 15) is 9.59 Å². The number of carbonyl (C=O) groups is 2. The van der Waals surface area contributed by atoms with Gasteiger partial charge in [-0.1, -0.05) is 0 Å². The Kier molecular flexibility index (Phi) is 0.644. The molecule has 2 fully saturated rings. The number of rotatable bonds is 0. The van der Waals surface area contributed by atoms with Crippen LogP contribution in [0.15, 0.2) is 0 Å². The zero-order valence-corrected chi connectivity index (χ0v) is 4.70. The van der Waals surface area contributed by atoms with E-state index in [-0.39, 0.29) is 11.6 Å². The minimum absolute atomic E-state index is 0.265.